The minimum absolute atomic E-state index is 0.0421. The number of hydrogen-bond acceptors (Lipinski definition) is 4. The Balaban J connectivity index is 1.89. The molecule has 0 saturated carbocycles. The van der Waals surface area contributed by atoms with Crippen molar-refractivity contribution in [2.45, 2.75) is 39.2 Å². The lowest BCUT2D eigenvalue weighted by Gasteiger charge is -2.27. The number of carbonyl (C=O) groups excluding carboxylic acids is 2. The van der Waals surface area contributed by atoms with E-state index in [4.69, 9.17) is 0 Å². The van der Waals surface area contributed by atoms with Gasteiger partial charge < -0.3 is 10.0 Å². The molecule has 0 radical (unpaired) electrons. The van der Waals surface area contributed by atoms with Crippen molar-refractivity contribution in [3.05, 3.63) is 101 Å². The second kappa shape index (κ2) is 9.06. The Morgan fingerprint density at radius 2 is 1.43 bits per heavy atom. The van der Waals surface area contributed by atoms with Gasteiger partial charge in [0.1, 0.15) is 5.76 Å². The van der Waals surface area contributed by atoms with Gasteiger partial charge in [0.05, 0.1) is 11.6 Å². The number of hydrogen-bond donors (Lipinski definition) is 1. The van der Waals surface area contributed by atoms with E-state index in [1.54, 1.807) is 12.1 Å². The molecule has 35 heavy (non-hydrogen) atoms. The van der Waals surface area contributed by atoms with Gasteiger partial charge >= 0.3 is 0 Å². The molecule has 0 aromatic heterocycles. The molecule has 1 fully saturated rings. The van der Waals surface area contributed by atoms with E-state index in [0.717, 1.165) is 22.4 Å². The largest absolute Gasteiger partial charge is 0.507 e. The fourth-order valence-electron chi connectivity index (χ4n) is 4.36. The number of carbonyl (C=O) groups is 2. The first-order valence-electron chi connectivity index (χ1n) is 11.7. The van der Waals surface area contributed by atoms with E-state index in [0.29, 0.717) is 11.3 Å². The molecule has 1 aliphatic heterocycles. The molecule has 5 heteroatoms. The van der Waals surface area contributed by atoms with Crippen molar-refractivity contribution in [3.8, 4) is 0 Å². The SMILES string of the molecule is Cc1ccc(/C(O)=C2\C(=O)C(=O)N(c3ccc(C(C)(C)C)cc3)C2c2ccc(N(C)C)cc2)cc1. The smallest absolute Gasteiger partial charge is 0.300 e. The van der Waals surface area contributed by atoms with Crippen LogP contribution in [0.5, 0.6) is 0 Å². The number of ketones is 1. The Morgan fingerprint density at radius 3 is 1.94 bits per heavy atom. The molecule has 180 valence electrons. The molecule has 5 nitrogen and oxygen atoms in total. The lowest BCUT2D eigenvalue weighted by molar-refractivity contribution is -0.132. The number of benzene rings is 3. The molecule has 4 rings (SSSR count). The van der Waals surface area contributed by atoms with Crippen LogP contribution in [0.15, 0.2) is 78.4 Å². The standard InChI is InChI=1S/C30H32N2O3/c1-19-7-9-21(10-8-19)27(33)25-26(20-11-15-23(16-12-20)31(5)6)32(29(35)28(25)34)24-17-13-22(14-18-24)30(2,3)4/h7-18,26,33H,1-6H3/b27-25+. The van der Waals surface area contributed by atoms with Crippen molar-refractivity contribution >= 4 is 28.8 Å². The van der Waals surface area contributed by atoms with Crippen molar-refractivity contribution in [2.24, 2.45) is 0 Å². The topological polar surface area (TPSA) is 60.9 Å². The number of amides is 1. The van der Waals surface area contributed by atoms with Gasteiger partial charge in [-0.05, 0) is 47.7 Å². The van der Waals surface area contributed by atoms with Gasteiger partial charge in [-0.3, -0.25) is 14.5 Å². The van der Waals surface area contributed by atoms with Crippen molar-refractivity contribution in [1.82, 2.24) is 0 Å². The lowest BCUT2D eigenvalue weighted by Crippen LogP contribution is -2.29. The normalized spacial score (nSPS) is 17.7. The summed E-state index contributed by atoms with van der Waals surface area (Å²) in [5, 5.41) is 11.3. The van der Waals surface area contributed by atoms with Crippen LogP contribution in [-0.4, -0.2) is 30.9 Å². The third kappa shape index (κ3) is 4.59. The molecule has 3 aromatic carbocycles. The van der Waals surface area contributed by atoms with Crippen molar-refractivity contribution in [3.63, 3.8) is 0 Å². The predicted octanol–water partition coefficient (Wildman–Crippen LogP) is 5.98. The summed E-state index contributed by atoms with van der Waals surface area (Å²) in [4.78, 5) is 30.2. The molecular formula is C30H32N2O3. The second-order valence-corrected chi connectivity index (χ2v) is 10.3. The predicted molar refractivity (Wildman–Crippen MR) is 142 cm³/mol. The zero-order valence-electron chi connectivity index (χ0n) is 21.2. The first-order valence-corrected chi connectivity index (χ1v) is 11.7. The van der Waals surface area contributed by atoms with Crippen LogP contribution in [0, 0.1) is 6.92 Å². The van der Waals surface area contributed by atoms with Crippen LogP contribution < -0.4 is 9.80 Å². The first-order chi connectivity index (χ1) is 16.5. The van der Waals surface area contributed by atoms with Gasteiger partial charge in [0.15, 0.2) is 0 Å². The summed E-state index contributed by atoms with van der Waals surface area (Å²) in [6, 6.07) is 22.0. The van der Waals surface area contributed by atoms with Crippen LogP contribution in [0.25, 0.3) is 5.76 Å². The summed E-state index contributed by atoms with van der Waals surface area (Å²) in [5.74, 6) is -1.51. The van der Waals surface area contributed by atoms with Gasteiger partial charge in [0.2, 0.25) is 0 Å². The Morgan fingerprint density at radius 1 is 0.857 bits per heavy atom. The fourth-order valence-corrected chi connectivity index (χ4v) is 4.36. The maximum atomic E-state index is 13.4. The average Bonchev–Trinajstić information content (AvgIpc) is 3.09. The summed E-state index contributed by atoms with van der Waals surface area (Å²) in [7, 11) is 3.91. The average molecular weight is 469 g/mol. The van der Waals surface area contributed by atoms with E-state index in [-0.39, 0.29) is 16.7 Å². The molecular weight excluding hydrogens is 436 g/mol. The maximum Gasteiger partial charge on any atom is 0.300 e. The fraction of sp³-hybridized carbons (Fsp3) is 0.267. The van der Waals surface area contributed by atoms with Crippen LogP contribution in [0.4, 0.5) is 11.4 Å². The number of rotatable bonds is 4. The van der Waals surface area contributed by atoms with E-state index in [1.165, 1.54) is 4.90 Å². The van der Waals surface area contributed by atoms with Gasteiger partial charge in [-0.15, -0.1) is 0 Å². The number of Topliss-reactive ketones (excluding diaryl/α,β-unsaturated/α-hetero) is 1. The zero-order chi connectivity index (χ0) is 25.5. The number of aryl methyl sites for hydroxylation is 1. The molecule has 1 saturated heterocycles. The molecule has 1 aliphatic rings. The summed E-state index contributed by atoms with van der Waals surface area (Å²) in [5.41, 5.74) is 5.09. The Labute approximate surface area is 207 Å². The molecule has 0 bridgehead atoms. The number of aliphatic hydroxyl groups is 1. The highest BCUT2D eigenvalue weighted by molar-refractivity contribution is 6.51. The lowest BCUT2D eigenvalue weighted by atomic mass is 9.87. The number of anilines is 2. The first kappa shape index (κ1) is 24.3. The van der Waals surface area contributed by atoms with E-state index >= 15 is 0 Å². The van der Waals surface area contributed by atoms with Gasteiger partial charge in [-0.2, -0.15) is 0 Å². The van der Waals surface area contributed by atoms with E-state index in [2.05, 4.69) is 20.8 Å². The molecule has 0 aliphatic carbocycles. The minimum Gasteiger partial charge on any atom is -0.507 e. The second-order valence-electron chi connectivity index (χ2n) is 10.3. The Kier molecular flexibility index (Phi) is 6.28. The zero-order valence-corrected chi connectivity index (χ0v) is 21.2. The van der Waals surface area contributed by atoms with Crippen molar-refractivity contribution in [1.29, 1.82) is 0 Å². The molecule has 0 spiro atoms. The van der Waals surface area contributed by atoms with Gasteiger partial charge in [-0.1, -0.05) is 74.9 Å². The highest BCUT2D eigenvalue weighted by Crippen LogP contribution is 2.42. The van der Waals surface area contributed by atoms with E-state index < -0.39 is 17.7 Å². The summed E-state index contributed by atoms with van der Waals surface area (Å²) >= 11 is 0. The molecule has 1 amide bonds. The van der Waals surface area contributed by atoms with Crippen molar-refractivity contribution < 1.29 is 14.7 Å². The quantitative estimate of drug-likeness (QED) is 0.290. The van der Waals surface area contributed by atoms with Crippen LogP contribution in [-0.2, 0) is 15.0 Å². The molecule has 1 atom stereocenters. The third-order valence-corrected chi connectivity index (χ3v) is 6.51. The Bertz CT molecular complexity index is 1280. The highest BCUT2D eigenvalue weighted by atomic mass is 16.3. The number of aliphatic hydroxyl groups excluding tert-OH is 1. The van der Waals surface area contributed by atoms with Gasteiger partial charge in [0.25, 0.3) is 11.7 Å². The maximum absolute atomic E-state index is 13.4. The minimum atomic E-state index is -0.743. The molecule has 1 N–H and O–H groups in total. The van der Waals surface area contributed by atoms with Crippen LogP contribution in [0.2, 0.25) is 0 Å². The third-order valence-electron chi connectivity index (χ3n) is 6.51. The van der Waals surface area contributed by atoms with Crippen LogP contribution in [0.3, 0.4) is 0 Å². The highest BCUT2D eigenvalue weighted by Gasteiger charge is 2.47. The van der Waals surface area contributed by atoms with Gasteiger partial charge in [-0.25, -0.2) is 0 Å². The van der Waals surface area contributed by atoms with Gasteiger partial charge in [0, 0.05) is 31.0 Å². The summed E-state index contributed by atoms with van der Waals surface area (Å²) < 4.78 is 0. The monoisotopic (exact) mass is 468 g/mol. The molecule has 1 unspecified atom stereocenters. The number of nitrogens with zero attached hydrogens (tertiary/aromatic N) is 2. The summed E-state index contributed by atoms with van der Waals surface area (Å²) in [6.07, 6.45) is 0. The Hall–Kier alpha value is -3.86. The van der Waals surface area contributed by atoms with Crippen molar-refractivity contribution in [2.75, 3.05) is 23.9 Å². The van der Waals surface area contributed by atoms with E-state index in [9.17, 15) is 14.7 Å². The van der Waals surface area contributed by atoms with Crippen LogP contribution >= 0.6 is 0 Å². The molecule has 1 heterocycles. The van der Waals surface area contributed by atoms with Crippen LogP contribution in [0.1, 0.15) is 49.1 Å². The summed E-state index contributed by atoms with van der Waals surface area (Å²) in [6.45, 7) is 8.34. The molecule has 3 aromatic rings. The van der Waals surface area contributed by atoms with E-state index in [1.807, 2.05) is 86.6 Å².